The van der Waals surface area contributed by atoms with Gasteiger partial charge in [-0.2, -0.15) is 0 Å². The monoisotopic (exact) mass is 236 g/mol. The van der Waals surface area contributed by atoms with Crippen LogP contribution in [0.2, 0.25) is 0 Å². The third-order valence-electron chi connectivity index (χ3n) is 3.00. The first-order valence-corrected chi connectivity index (χ1v) is 5.73. The molecular weight excluding hydrogens is 224 g/mol. The molecule has 0 radical (unpaired) electrons. The fourth-order valence-electron chi connectivity index (χ4n) is 2.14. The van der Waals surface area contributed by atoms with Crippen molar-refractivity contribution in [1.82, 2.24) is 4.98 Å². The number of nitrogens with two attached hydrogens (primary N) is 1. The number of H-pyrrole nitrogens is 1. The maximum atomic E-state index is 12.4. The van der Waals surface area contributed by atoms with Crippen LogP contribution in [-0.2, 0) is 0 Å². The van der Waals surface area contributed by atoms with Gasteiger partial charge in [-0.3, -0.25) is 4.79 Å². The molecule has 2 aromatic carbocycles. The van der Waals surface area contributed by atoms with Gasteiger partial charge in [0.25, 0.3) is 0 Å². The number of nitrogens with one attached hydrogen (secondary N) is 1. The summed E-state index contributed by atoms with van der Waals surface area (Å²) < 4.78 is 0. The molecule has 0 aliphatic carbocycles. The van der Waals surface area contributed by atoms with Crippen molar-refractivity contribution in [3.05, 3.63) is 65.7 Å². The lowest BCUT2D eigenvalue weighted by molar-refractivity contribution is 0.104. The van der Waals surface area contributed by atoms with Crippen molar-refractivity contribution < 1.29 is 4.79 Å². The number of carbonyl (C=O) groups excluding carboxylic acids is 1. The fraction of sp³-hybridized carbons (Fsp3) is 0. The van der Waals surface area contributed by atoms with Gasteiger partial charge in [-0.15, -0.1) is 0 Å². The smallest absolute Gasteiger partial charge is 0.197 e. The Morgan fingerprint density at radius 3 is 2.39 bits per heavy atom. The molecule has 3 heteroatoms. The normalized spacial score (nSPS) is 10.7. The number of aromatic nitrogens is 1. The molecule has 18 heavy (non-hydrogen) atoms. The number of para-hydroxylation sites is 1. The van der Waals surface area contributed by atoms with Crippen molar-refractivity contribution in [2.24, 2.45) is 0 Å². The summed E-state index contributed by atoms with van der Waals surface area (Å²) in [5, 5.41) is 0.865. The highest BCUT2D eigenvalue weighted by Gasteiger charge is 2.17. The summed E-state index contributed by atoms with van der Waals surface area (Å²) in [7, 11) is 0. The molecule has 0 atom stereocenters. The van der Waals surface area contributed by atoms with Gasteiger partial charge in [-0.1, -0.05) is 48.5 Å². The quantitative estimate of drug-likeness (QED) is 0.672. The van der Waals surface area contributed by atoms with E-state index in [0.29, 0.717) is 16.9 Å². The van der Waals surface area contributed by atoms with Crippen LogP contribution in [0.1, 0.15) is 15.9 Å². The molecule has 1 heterocycles. The van der Waals surface area contributed by atoms with E-state index in [9.17, 15) is 4.79 Å². The van der Waals surface area contributed by atoms with Crippen molar-refractivity contribution in [3.63, 3.8) is 0 Å². The lowest BCUT2D eigenvalue weighted by atomic mass is 10.0. The zero-order chi connectivity index (χ0) is 12.5. The zero-order valence-electron chi connectivity index (χ0n) is 9.68. The van der Waals surface area contributed by atoms with Gasteiger partial charge in [0.2, 0.25) is 0 Å². The summed E-state index contributed by atoms with van der Waals surface area (Å²) in [5.74, 6) is 0.371. The van der Waals surface area contributed by atoms with Crippen molar-refractivity contribution in [3.8, 4) is 0 Å². The van der Waals surface area contributed by atoms with E-state index in [1.807, 2.05) is 42.5 Å². The maximum absolute atomic E-state index is 12.4. The van der Waals surface area contributed by atoms with E-state index in [1.165, 1.54) is 0 Å². The van der Waals surface area contributed by atoms with Crippen molar-refractivity contribution in [1.29, 1.82) is 0 Å². The van der Waals surface area contributed by atoms with E-state index < -0.39 is 0 Å². The Labute approximate surface area is 104 Å². The first-order valence-electron chi connectivity index (χ1n) is 5.73. The van der Waals surface area contributed by atoms with Crippen LogP contribution in [0.4, 0.5) is 5.82 Å². The van der Waals surface area contributed by atoms with Crippen LogP contribution in [-0.4, -0.2) is 10.8 Å². The second-order valence-corrected chi connectivity index (χ2v) is 4.15. The van der Waals surface area contributed by atoms with Gasteiger partial charge in [0.05, 0.1) is 5.56 Å². The van der Waals surface area contributed by atoms with Gasteiger partial charge in [0, 0.05) is 16.5 Å². The lowest BCUT2D eigenvalue weighted by Crippen LogP contribution is -2.03. The minimum absolute atomic E-state index is 0.0504. The minimum atomic E-state index is -0.0504. The third kappa shape index (κ3) is 1.57. The molecule has 3 rings (SSSR count). The highest BCUT2D eigenvalue weighted by molar-refractivity contribution is 6.19. The van der Waals surface area contributed by atoms with E-state index in [2.05, 4.69) is 4.98 Å². The van der Waals surface area contributed by atoms with Crippen LogP contribution in [0.3, 0.4) is 0 Å². The summed E-state index contributed by atoms with van der Waals surface area (Å²) in [6, 6.07) is 16.8. The number of anilines is 1. The molecule has 0 saturated heterocycles. The predicted molar refractivity (Wildman–Crippen MR) is 72.6 cm³/mol. The molecule has 88 valence electrons. The summed E-state index contributed by atoms with van der Waals surface area (Å²) in [4.78, 5) is 15.5. The molecule has 0 fully saturated rings. The van der Waals surface area contributed by atoms with E-state index in [1.54, 1.807) is 12.1 Å². The van der Waals surface area contributed by atoms with Crippen LogP contribution in [0.15, 0.2) is 54.6 Å². The van der Waals surface area contributed by atoms with Crippen LogP contribution in [0, 0.1) is 0 Å². The number of carbonyl (C=O) groups is 1. The lowest BCUT2D eigenvalue weighted by Gasteiger charge is -2.00. The van der Waals surface area contributed by atoms with Crippen LogP contribution >= 0.6 is 0 Å². The second kappa shape index (κ2) is 4.04. The first kappa shape index (κ1) is 10.6. The van der Waals surface area contributed by atoms with Crippen LogP contribution in [0.5, 0.6) is 0 Å². The molecule has 3 N–H and O–H groups in total. The Morgan fingerprint density at radius 1 is 0.944 bits per heavy atom. The molecule has 0 aliphatic rings. The van der Waals surface area contributed by atoms with Gasteiger partial charge in [-0.05, 0) is 6.07 Å². The Bertz CT molecular complexity index is 714. The minimum Gasteiger partial charge on any atom is -0.385 e. The van der Waals surface area contributed by atoms with Crippen LogP contribution in [0.25, 0.3) is 10.9 Å². The molecule has 3 nitrogen and oxygen atoms in total. The fourth-order valence-corrected chi connectivity index (χ4v) is 2.14. The number of nitrogen functional groups attached to an aromatic ring is 1. The summed E-state index contributed by atoms with van der Waals surface area (Å²) >= 11 is 0. The number of hydrogen-bond acceptors (Lipinski definition) is 2. The standard InChI is InChI=1S/C15H12N2O/c16-15-13(11-8-4-5-9-12(11)17-15)14(18)10-6-2-1-3-7-10/h1-9,17H,16H2. The molecule has 0 spiro atoms. The van der Waals surface area contributed by atoms with E-state index in [0.717, 1.165) is 10.9 Å². The first-order chi connectivity index (χ1) is 8.77. The number of benzene rings is 2. The summed E-state index contributed by atoms with van der Waals surface area (Å²) in [6.45, 7) is 0. The van der Waals surface area contributed by atoms with Gasteiger partial charge in [-0.25, -0.2) is 0 Å². The van der Waals surface area contributed by atoms with Gasteiger partial charge < -0.3 is 10.7 Å². The van der Waals surface area contributed by atoms with Gasteiger partial charge in [0.1, 0.15) is 5.82 Å². The highest BCUT2D eigenvalue weighted by atomic mass is 16.1. The summed E-state index contributed by atoms with van der Waals surface area (Å²) in [5.41, 5.74) is 8.00. The molecule has 1 aromatic heterocycles. The molecule has 0 saturated carbocycles. The summed E-state index contributed by atoms with van der Waals surface area (Å²) in [6.07, 6.45) is 0. The number of ketones is 1. The number of aromatic amines is 1. The number of fused-ring (bicyclic) bond motifs is 1. The number of hydrogen-bond donors (Lipinski definition) is 2. The molecule has 0 aliphatic heterocycles. The topological polar surface area (TPSA) is 58.9 Å². The van der Waals surface area contributed by atoms with Gasteiger partial charge >= 0.3 is 0 Å². The highest BCUT2D eigenvalue weighted by Crippen LogP contribution is 2.26. The van der Waals surface area contributed by atoms with Crippen molar-refractivity contribution in [2.75, 3.05) is 5.73 Å². The Hall–Kier alpha value is -2.55. The van der Waals surface area contributed by atoms with Gasteiger partial charge in [0.15, 0.2) is 5.78 Å². The SMILES string of the molecule is Nc1[nH]c2ccccc2c1C(=O)c1ccccc1. The molecule has 0 bridgehead atoms. The maximum Gasteiger partial charge on any atom is 0.197 e. The second-order valence-electron chi connectivity index (χ2n) is 4.15. The van der Waals surface area contributed by atoms with E-state index in [4.69, 9.17) is 5.73 Å². The third-order valence-corrected chi connectivity index (χ3v) is 3.00. The molecule has 0 amide bonds. The molecule has 0 unspecified atom stereocenters. The Morgan fingerprint density at radius 2 is 1.61 bits per heavy atom. The van der Waals surface area contributed by atoms with E-state index >= 15 is 0 Å². The van der Waals surface area contributed by atoms with Crippen molar-refractivity contribution >= 4 is 22.5 Å². The average molecular weight is 236 g/mol. The Balaban J connectivity index is 2.21. The number of rotatable bonds is 2. The molecule has 3 aromatic rings. The zero-order valence-corrected chi connectivity index (χ0v) is 9.68. The molecular formula is C15H12N2O. The van der Waals surface area contributed by atoms with Crippen molar-refractivity contribution in [2.45, 2.75) is 0 Å². The predicted octanol–water partition coefficient (Wildman–Crippen LogP) is 2.98. The largest absolute Gasteiger partial charge is 0.385 e. The van der Waals surface area contributed by atoms with Crippen LogP contribution < -0.4 is 5.73 Å². The average Bonchev–Trinajstić information content (AvgIpc) is 2.75. The Kier molecular flexibility index (Phi) is 2.38. The van der Waals surface area contributed by atoms with E-state index in [-0.39, 0.29) is 5.78 Å².